The Labute approximate surface area is 272 Å². The Kier molecular flexibility index (Phi) is 6.18. The Bertz CT molecular complexity index is 2420. The molecule has 6 aromatic carbocycles. The molecular formula is C42H30N4O. The number of furan rings is 1. The maximum atomic E-state index is 6.11. The third kappa shape index (κ3) is 4.32. The van der Waals surface area contributed by atoms with Crippen molar-refractivity contribution in [2.45, 2.75) is 13.1 Å². The number of aryl methyl sites for hydroxylation is 1. The number of nitrogens with two attached hydrogens (primary N) is 1. The Morgan fingerprint density at radius 2 is 1.26 bits per heavy atom. The van der Waals surface area contributed by atoms with Crippen LogP contribution in [-0.4, -0.2) is 11.7 Å². The van der Waals surface area contributed by atoms with Gasteiger partial charge < -0.3 is 15.5 Å². The van der Waals surface area contributed by atoms with Crippen molar-refractivity contribution >= 4 is 39.5 Å². The van der Waals surface area contributed by atoms with E-state index < -0.39 is 6.17 Å². The van der Waals surface area contributed by atoms with Gasteiger partial charge in [-0.1, -0.05) is 121 Å². The molecule has 9 rings (SSSR count). The minimum atomic E-state index is -0.436. The van der Waals surface area contributed by atoms with Gasteiger partial charge in [-0.2, -0.15) is 0 Å². The van der Waals surface area contributed by atoms with Gasteiger partial charge in [-0.05, 0) is 75.0 Å². The summed E-state index contributed by atoms with van der Waals surface area (Å²) in [6, 6.07) is 44.8. The summed E-state index contributed by atoms with van der Waals surface area (Å²) in [4.78, 5) is 10.3. The molecule has 1 aliphatic carbocycles. The number of rotatable bonds is 5. The average Bonchev–Trinajstić information content (AvgIpc) is 3.63. The molecule has 0 radical (unpaired) electrons. The fourth-order valence-corrected chi connectivity index (χ4v) is 7.16. The van der Waals surface area contributed by atoms with Crippen LogP contribution in [0, 0.1) is 6.92 Å². The van der Waals surface area contributed by atoms with E-state index in [4.69, 9.17) is 20.1 Å². The molecular weight excluding hydrogens is 576 g/mol. The third-order valence-corrected chi connectivity index (χ3v) is 9.31. The van der Waals surface area contributed by atoms with Gasteiger partial charge in [-0.15, -0.1) is 0 Å². The van der Waals surface area contributed by atoms with Crippen molar-refractivity contribution in [3.05, 3.63) is 162 Å². The van der Waals surface area contributed by atoms with Crippen LogP contribution in [0.4, 0.5) is 0 Å². The lowest BCUT2D eigenvalue weighted by molar-refractivity contribution is 0.577. The Balaban J connectivity index is 1.15. The molecule has 0 saturated heterocycles. The highest BCUT2D eigenvalue weighted by atomic mass is 16.3. The minimum Gasteiger partial charge on any atom is -0.461 e. The fraction of sp³-hybridized carbons (Fsp3) is 0.0476. The van der Waals surface area contributed by atoms with Gasteiger partial charge in [0.2, 0.25) is 0 Å². The Morgan fingerprint density at radius 1 is 0.596 bits per heavy atom. The van der Waals surface area contributed by atoms with Crippen molar-refractivity contribution in [3.8, 4) is 33.4 Å². The summed E-state index contributed by atoms with van der Waals surface area (Å²) >= 11 is 0. The highest BCUT2D eigenvalue weighted by Gasteiger charge is 2.25. The molecule has 5 heteroatoms. The molecule has 1 atom stereocenters. The standard InChI is InChI=1S/C42H30N4O/c1-25-29(23-24-43)39-36(15-8-16-37(39)47-25)42-45-40(27-9-3-2-4-10-27)44-41(46-42)28-19-17-26(18-20-28)30-21-22-35-32-12-6-5-11-31(32)34-14-7-13-33(30)38(34)35/h2-24,41H,43H2,1H3,(H,44,45,46)/b24-23-. The molecule has 5 nitrogen and oxygen atoms in total. The van der Waals surface area contributed by atoms with Crippen molar-refractivity contribution in [2.75, 3.05) is 0 Å². The Morgan fingerprint density at radius 3 is 2.04 bits per heavy atom. The predicted octanol–water partition coefficient (Wildman–Crippen LogP) is 9.63. The molecule has 7 aromatic rings. The van der Waals surface area contributed by atoms with E-state index in [1.807, 2.05) is 43.3 Å². The van der Waals surface area contributed by atoms with E-state index in [1.165, 1.54) is 38.6 Å². The van der Waals surface area contributed by atoms with Crippen LogP contribution in [0.15, 0.2) is 148 Å². The molecule has 47 heavy (non-hydrogen) atoms. The van der Waals surface area contributed by atoms with E-state index in [0.29, 0.717) is 0 Å². The molecule has 224 valence electrons. The first-order chi connectivity index (χ1) is 23.2. The first kappa shape index (κ1) is 27.1. The van der Waals surface area contributed by atoms with E-state index >= 15 is 0 Å². The monoisotopic (exact) mass is 606 g/mol. The second-order valence-electron chi connectivity index (χ2n) is 12.0. The van der Waals surface area contributed by atoms with Crippen molar-refractivity contribution in [1.29, 1.82) is 0 Å². The second kappa shape index (κ2) is 10.7. The van der Waals surface area contributed by atoms with E-state index in [-0.39, 0.29) is 0 Å². The van der Waals surface area contributed by atoms with Gasteiger partial charge in [0.15, 0.2) is 6.17 Å². The SMILES string of the molecule is Cc1oc2cccc(C3=NC(c4ccc(-c5ccc6c7c(cccc57)-c5ccccc5-6)cc4)N=C(c4ccccc4)N3)c2c1/C=C\N. The van der Waals surface area contributed by atoms with E-state index in [1.54, 1.807) is 6.20 Å². The number of benzene rings is 6. The molecule has 0 spiro atoms. The van der Waals surface area contributed by atoms with Gasteiger partial charge in [0.05, 0.1) is 0 Å². The predicted molar refractivity (Wildman–Crippen MR) is 193 cm³/mol. The summed E-state index contributed by atoms with van der Waals surface area (Å²) < 4.78 is 6.11. The molecule has 1 aromatic heterocycles. The van der Waals surface area contributed by atoms with Crippen molar-refractivity contribution < 1.29 is 4.42 Å². The summed E-state index contributed by atoms with van der Waals surface area (Å²) in [5.41, 5.74) is 18.1. The molecule has 0 saturated carbocycles. The van der Waals surface area contributed by atoms with E-state index in [2.05, 4.69) is 102 Å². The van der Waals surface area contributed by atoms with Crippen LogP contribution in [0.25, 0.3) is 61.2 Å². The van der Waals surface area contributed by atoms with Gasteiger partial charge >= 0.3 is 0 Å². The Hall–Kier alpha value is -6.20. The van der Waals surface area contributed by atoms with Crippen LogP contribution in [0.5, 0.6) is 0 Å². The van der Waals surface area contributed by atoms with Crippen molar-refractivity contribution in [1.82, 2.24) is 5.32 Å². The van der Waals surface area contributed by atoms with Crippen LogP contribution < -0.4 is 11.1 Å². The van der Waals surface area contributed by atoms with Crippen LogP contribution in [0.3, 0.4) is 0 Å². The van der Waals surface area contributed by atoms with Crippen LogP contribution in [0.2, 0.25) is 0 Å². The van der Waals surface area contributed by atoms with Crippen LogP contribution in [0.1, 0.15) is 34.2 Å². The molecule has 2 aliphatic rings. The maximum Gasteiger partial charge on any atom is 0.169 e. The van der Waals surface area contributed by atoms with E-state index in [9.17, 15) is 0 Å². The molecule has 3 N–H and O–H groups in total. The lowest BCUT2D eigenvalue weighted by Crippen LogP contribution is -2.36. The number of nitrogens with one attached hydrogen (secondary N) is 1. The molecule has 1 unspecified atom stereocenters. The lowest BCUT2D eigenvalue weighted by atomic mass is 9.94. The molecule has 1 aliphatic heterocycles. The number of fused-ring (bicyclic) bond motifs is 4. The van der Waals surface area contributed by atoms with Crippen molar-refractivity contribution in [3.63, 3.8) is 0 Å². The van der Waals surface area contributed by atoms with Crippen molar-refractivity contribution in [2.24, 2.45) is 15.7 Å². The maximum absolute atomic E-state index is 6.11. The first-order valence-electron chi connectivity index (χ1n) is 15.8. The summed E-state index contributed by atoms with van der Waals surface area (Å²) in [5.74, 6) is 2.31. The van der Waals surface area contributed by atoms with Gasteiger partial charge in [0.25, 0.3) is 0 Å². The van der Waals surface area contributed by atoms with E-state index in [0.717, 1.165) is 56.2 Å². The second-order valence-corrected chi connectivity index (χ2v) is 12.0. The van der Waals surface area contributed by atoms with Crippen LogP contribution in [-0.2, 0) is 0 Å². The fourth-order valence-electron chi connectivity index (χ4n) is 7.16. The summed E-state index contributed by atoms with van der Waals surface area (Å²) in [5, 5.41) is 7.10. The number of hydrogen-bond donors (Lipinski definition) is 2. The number of aliphatic imine (C=N–C) groups is 2. The normalized spacial score (nSPS) is 15.1. The first-order valence-corrected chi connectivity index (χ1v) is 15.8. The van der Waals surface area contributed by atoms with Gasteiger partial charge in [0, 0.05) is 22.1 Å². The summed E-state index contributed by atoms with van der Waals surface area (Å²) in [6.45, 7) is 1.96. The summed E-state index contributed by atoms with van der Waals surface area (Å²) in [6.07, 6.45) is 3.00. The van der Waals surface area contributed by atoms with Crippen LogP contribution >= 0.6 is 0 Å². The number of nitrogens with zero attached hydrogens (tertiary/aromatic N) is 2. The molecule has 0 bridgehead atoms. The van der Waals surface area contributed by atoms with Gasteiger partial charge in [-0.3, -0.25) is 0 Å². The highest BCUT2D eigenvalue weighted by Crippen LogP contribution is 2.49. The summed E-state index contributed by atoms with van der Waals surface area (Å²) in [7, 11) is 0. The molecule has 0 fully saturated rings. The largest absolute Gasteiger partial charge is 0.461 e. The third-order valence-electron chi connectivity index (χ3n) is 9.31. The quantitative estimate of drug-likeness (QED) is 0.205. The zero-order valence-corrected chi connectivity index (χ0v) is 25.7. The number of hydrogen-bond acceptors (Lipinski definition) is 5. The van der Waals surface area contributed by atoms with Gasteiger partial charge in [0.1, 0.15) is 23.0 Å². The smallest absolute Gasteiger partial charge is 0.169 e. The average molecular weight is 607 g/mol. The molecule has 2 heterocycles. The van der Waals surface area contributed by atoms with Gasteiger partial charge in [-0.25, -0.2) is 9.98 Å². The zero-order chi connectivity index (χ0) is 31.5. The highest BCUT2D eigenvalue weighted by molar-refractivity contribution is 6.21. The zero-order valence-electron chi connectivity index (χ0n) is 25.7. The lowest BCUT2D eigenvalue weighted by Gasteiger charge is -2.23. The minimum absolute atomic E-state index is 0.436. The number of amidine groups is 2. The molecule has 0 amide bonds. The topological polar surface area (TPSA) is 75.9 Å².